The van der Waals surface area contributed by atoms with Crippen LogP contribution >= 0.6 is 0 Å². The second-order valence-electron chi connectivity index (χ2n) is 0.493. The van der Waals surface area contributed by atoms with Gasteiger partial charge < -0.3 is 4.74 Å². The summed E-state index contributed by atoms with van der Waals surface area (Å²) in [5.41, 5.74) is 0. The molecule has 1 radical (unpaired) electrons. The zero-order valence-electron chi connectivity index (χ0n) is 3.40. The molecular formula is C3H7OY-. The monoisotopic (exact) mass is 148 g/mol. The van der Waals surface area contributed by atoms with E-state index in [0.717, 1.165) is 0 Å². The van der Waals surface area contributed by atoms with E-state index in [4.69, 9.17) is 0 Å². The summed E-state index contributed by atoms with van der Waals surface area (Å²) in [5.74, 6) is 0. The van der Waals surface area contributed by atoms with E-state index >= 15 is 0 Å². The molecule has 0 saturated carbocycles. The van der Waals surface area contributed by atoms with Gasteiger partial charge in [-0.25, -0.2) is 7.11 Å². The maximum absolute atomic E-state index is 4.29. The predicted molar refractivity (Wildman–Crippen MR) is 17.0 cm³/mol. The molecule has 0 saturated heterocycles. The largest absolute Gasteiger partial charge is 0.555 e. The summed E-state index contributed by atoms with van der Waals surface area (Å²) in [4.78, 5) is 0. The molecule has 0 rings (SSSR count). The van der Waals surface area contributed by atoms with Crippen molar-refractivity contribution in [1.82, 2.24) is 0 Å². The summed E-state index contributed by atoms with van der Waals surface area (Å²) in [6.07, 6.45) is 0. The van der Waals surface area contributed by atoms with Crippen molar-refractivity contribution in [3.63, 3.8) is 0 Å². The Balaban J connectivity index is 0. The molecule has 0 aromatic rings. The molecule has 5 heavy (non-hydrogen) atoms. The maximum Gasteiger partial charge on any atom is 0.00804 e. The van der Waals surface area contributed by atoms with Gasteiger partial charge in [-0.2, -0.15) is 0 Å². The van der Waals surface area contributed by atoms with Crippen LogP contribution in [0.15, 0.2) is 0 Å². The van der Waals surface area contributed by atoms with Crippen molar-refractivity contribution in [1.29, 1.82) is 0 Å². The van der Waals surface area contributed by atoms with Crippen LogP contribution < -0.4 is 0 Å². The van der Waals surface area contributed by atoms with Crippen LogP contribution in [0.5, 0.6) is 0 Å². The van der Waals surface area contributed by atoms with E-state index in [-0.39, 0.29) is 32.7 Å². The minimum atomic E-state index is 0. The van der Waals surface area contributed by atoms with Crippen LogP contribution in [0.2, 0.25) is 0 Å². The van der Waals surface area contributed by atoms with Crippen molar-refractivity contribution in [3.8, 4) is 0 Å². The van der Waals surface area contributed by atoms with Crippen LogP contribution in [-0.4, -0.2) is 6.61 Å². The molecule has 0 unspecified atom stereocenters. The van der Waals surface area contributed by atoms with Crippen molar-refractivity contribution in [2.45, 2.75) is 6.92 Å². The molecule has 2 heteroatoms. The van der Waals surface area contributed by atoms with Crippen molar-refractivity contribution < 1.29 is 37.4 Å². The molecule has 0 spiro atoms. The Hall–Kier alpha value is 1.06. The standard InChI is InChI=1S/C3H7O.Y/c1-3-4-2;/h2-3H2,1H3;/q-1;. The number of ether oxygens (including phenoxy) is 1. The zero-order chi connectivity index (χ0) is 3.41. The predicted octanol–water partition coefficient (Wildman–Crippen LogP) is 0.812. The first kappa shape index (κ1) is 9.42. The third-order valence-corrected chi connectivity index (χ3v) is 0.204. The van der Waals surface area contributed by atoms with Gasteiger partial charge in [0.2, 0.25) is 0 Å². The van der Waals surface area contributed by atoms with E-state index in [1.165, 1.54) is 0 Å². The SMILES string of the molecule is [CH2-]OCC.[Y]. The van der Waals surface area contributed by atoms with Gasteiger partial charge in [-0.05, 0) is 6.92 Å². The summed E-state index contributed by atoms with van der Waals surface area (Å²) in [6.45, 7) is 2.60. The molecule has 0 amide bonds. The fraction of sp³-hybridized carbons (Fsp3) is 0.667. The third-order valence-electron chi connectivity index (χ3n) is 0.204. The first-order valence-electron chi connectivity index (χ1n) is 1.28. The fourth-order valence-corrected chi connectivity index (χ4v) is 0. The molecule has 29 valence electrons. The Morgan fingerprint density at radius 1 is 1.80 bits per heavy atom. The molecule has 0 aliphatic carbocycles. The Bertz CT molecular complexity index is 8.85. The molecule has 0 fully saturated rings. The van der Waals surface area contributed by atoms with Crippen molar-refractivity contribution >= 4 is 0 Å². The first-order valence-corrected chi connectivity index (χ1v) is 1.28. The second-order valence-corrected chi connectivity index (χ2v) is 0.493. The van der Waals surface area contributed by atoms with Gasteiger partial charge in [0.25, 0.3) is 0 Å². The fourth-order valence-electron chi connectivity index (χ4n) is 0. The molecule has 0 atom stereocenters. The summed E-state index contributed by atoms with van der Waals surface area (Å²) < 4.78 is 4.29. The van der Waals surface area contributed by atoms with Gasteiger partial charge in [-0.15, -0.1) is 0 Å². The molecular weight excluding hydrogens is 141 g/mol. The van der Waals surface area contributed by atoms with E-state index < -0.39 is 0 Å². The third kappa shape index (κ3) is 11.2. The number of hydrogen-bond acceptors (Lipinski definition) is 1. The van der Waals surface area contributed by atoms with Gasteiger partial charge in [0.05, 0.1) is 0 Å². The summed E-state index contributed by atoms with van der Waals surface area (Å²) in [7, 11) is 3.10. The molecule has 1 nitrogen and oxygen atoms in total. The van der Waals surface area contributed by atoms with Crippen molar-refractivity contribution in [2.24, 2.45) is 0 Å². The van der Waals surface area contributed by atoms with Gasteiger partial charge in [-0.3, -0.25) is 0 Å². The molecule has 0 heterocycles. The smallest absolute Gasteiger partial charge is 0.00804 e. The van der Waals surface area contributed by atoms with Gasteiger partial charge in [0.1, 0.15) is 0 Å². The van der Waals surface area contributed by atoms with E-state index in [0.29, 0.717) is 6.61 Å². The maximum atomic E-state index is 4.29. The van der Waals surface area contributed by atoms with Crippen LogP contribution in [0, 0.1) is 7.11 Å². The van der Waals surface area contributed by atoms with Crippen LogP contribution in [0.1, 0.15) is 6.92 Å². The molecule has 0 aromatic carbocycles. The molecule has 0 N–H and O–H groups in total. The van der Waals surface area contributed by atoms with Gasteiger partial charge in [0, 0.05) is 39.3 Å². The Labute approximate surface area is 58.0 Å². The Morgan fingerprint density at radius 2 is 2.00 bits per heavy atom. The van der Waals surface area contributed by atoms with Crippen molar-refractivity contribution in [3.05, 3.63) is 7.11 Å². The van der Waals surface area contributed by atoms with Crippen LogP contribution in [0.25, 0.3) is 0 Å². The number of rotatable bonds is 1. The minimum absolute atomic E-state index is 0. The summed E-state index contributed by atoms with van der Waals surface area (Å²) in [5, 5.41) is 0. The van der Waals surface area contributed by atoms with Gasteiger partial charge in [-0.1, -0.05) is 0 Å². The Morgan fingerprint density at radius 3 is 2.00 bits per heavy atom. The summed E-state index contributed by atoms with van der Waals surface area (Å²) in [6, 6.07) is 0. The topological polar surface area (TPSA) is 9.23 Å². The second kappa shape index (κ2) is 8.91. The summed E-state index contributed by atoms with van der Waals surface area (Å²) >= 11 is 0. The molecule has 0 bridgehead atoms. The number of hydrogen-bond donors (Lipinski definition) is 0. The molecule has 0 aliphatic heterocycles. The average Bonchev–Trinajstić information content (AvgIpc) is 1.37. The first-order chi connectivity index (χ1) is 1.91. The van der Waals surface area contributed by atoms with Crippen LogP contribution in [0.4, 0.5) is 0 Å². The van der Waals surface area contributed by atoms with E-state index in [1.54, 1.807) is 0 Å². The van der Waals surface area contributed by atoms with E-state index in [1.807, 2.05) is 6.92 Å². The Kier molecular flexibility index (Phi) is 16.8. The van der Waals surface area contributed by atoms with E-state index in [2.05, 4.69) is 11.8 Å². The van der Waals surface area contributed by atoms with Crippen LogP contribution in [0.3, 0.4) is 0 Å². The zero-order valence-corrected chi connectivity index (χ0v) is 6.24. The van der Waals surface area contributed by atoms with E-state index in [9.17, 15) is 0 Å². The van der Waals surface area contributed by atoms with Crippen molar-refractivity contribution in [2.75, 3.05) is 6.61 Å². The average molecular weight is 148 g/mol. The molecule has 0 aromatic heterocycles. The molecule has 0 aliphatic rings. The van der Waals surface area contributed by atoms with Gasteiger partial charge >= 0.3 is 0 Å². The normalized spacial score (nSPS) is 6.00. The van der Waals surface area contributed by atoms with Crippen LogP contribution in [-0.2, 0) is 37.4 Å². The van der Waals surface area contributed by atoms with Gasteiger partial charge in [0.15, 0.2) is 0 Å². The quantitative estimate of drug-likeness (QED) is 0.500. The minimum Gasteiger partial charge on any atom is -0.555 e.